The largest absolute Gasteiger partial charge is 0.423 e. The van der Waals surface area contributed by atoms with Crippen molar-refractivity contribution < 1.29 is 12.8 Å². The topological polar surface area (TPSA) is 113 Å². The Kier molecular flexibility index (Phi) is 6.48. The van der Waals surface area contributed by atoms with Gasteiger partial charge in [-0.3, -0.25) is 4.31 Å². The highest BCUT2D eigenvalue weighted by Crippen LogP contribution is 2.25. The number of aromatic nitrogens is 3. The minimum Gasteiger partial charge on any atom is -0.423 e. The average Bonchev–Trinajstić information content (AvgIpc) is 3.12. The lowest BCUT2D eigenvalue weighted by atomic mass is 10.2. The molecule has 9 nitrogen and oxygen atoms in total. The normalized spacial score (nSPS) is 12.7. The third kappa shape index (κ3) is 5.51. The summed E-state index contributed by atoms with van der Waals surface area (Å²) in [6, 6.07) is 5.49. The Morgan fingerprint density at radius 3 is 2.55 bits per heavy atom. The lowest BCUT2D eigenvalue weighted by Gasteiger charge is -2.15. The van der Waals surface area contributed by atoms with E-state index in [-0.39, 0.29) is 5.92 Å². The van der Waals surface area contributed by atoms with Crippen molar-refractivity contribution in [2.45, 2.75) is 11.8 Å². The van der Waals surface area contributed by atoms with Crippen LogP contribution in [0.3, 0.4) is 0 Å². The highest BCUT2D eigenvalue weighted by Gasteiger charge is 2.14. The van der Waals surface area contributed by atoms with Gasteiger partial charge in [-0.15, -0.1) is 11.8 Å². The lowest BCUT2D eigenvalue weighted by Crippen LogP contribution is -2.24. The summed E-state index contributed by atoms with van der Waals surface area (Å²) in [5.74, 6) is 0.861. The molecule has 1 atom stereocenters. The molecule has 0 amide bonds. The number of oxazole rings is 1. The van der Waals surface area contributed by atoms with Crippen LogP contribution in [0.4, 0.5) is 17.7 Å². The number of rotatable bonds is 9. The maximum Gasteiger partial charge on any atom is 0.295 e. The number of thioether (sulfide) groups is 1. The van der Waals surface area contributed by atoms with Crippen LogP contribution in [0.15, 0.2) is 39.9 Å². The molecule has 156 valence electrons. The predicted molar refractivity (Wildman–Crippen MR) is 117 cm³/mol. The summed E-state index contributed by atoms with van der Waals surface area (Å²) in [5, 5.41) is 6.38. The van der Waals surface area contributed by atoms with E-state index in [4.69, 9.17) is 4.42 Å². The van der Waals surface area contributed by atoms with Crippen LogP contribution in [0.1, 0.15) is 6.92 Å². The minimum absolute atomic E-state index is 0.265. The molecule has 0 saturated carbocycles. The summed E-state index contributed by atoms with van der Waals surface area (Å²) >= 11 is 1.60. The van der Waals surface area contributed by atoms with Crippen molar-refractivity contribution in [1.82, 2.24) is 15.0 Å². The van der Waals surface area contributed by atoms with Crippen LogP contribution in [0.25, 0.3) is 11.1 Å². The van der Waals surface area contributed by atoms with Crippen LogP contribution in [-0.2, 0) is 10.0 Å². The van der Waals surface area contributed by atoms with Crippen LogP contribution in [0.5, 0.6) is 0 Å². The Bertz CT molecular complexity index is 1070. The molecule has 0 aliphatic rings. The Labute approximate surface area is 174 Å². The Balaban J connectivity index is 1.56. The highest BCUT2D eigenvalue weighted by atomic mass is 32.2. The zero-order valence-electron chi connectivity index (χ0n) is 16.7. The van der Waals surface area contributed by atoms with E-state index in [0.717, 1.165) is 11.2 Å². The van der Waals surface area contributed by atoms with Crippen molar-refractivity contribution in [2.75, 3.05) is 47.6 Å². The second-order valence-corrected chi connectivity index (χ2v) is 9.61. The van der Waals surface area contributed by atoms with Gasteiger partial charge in [-0.25, -0.2) is 18.4 Å². The molecule has 1 unspecified atom stereocenters. The molecular formula is C18H24N6O3S2. The summed E-state index contributed by atoms with van der Waals surface area (Å²) in [5.41, 5.74) is 1.70. The molecule has 0 bridgehead atoms. The monoisotopic (exact) mass is 436 g/mol. The maximum absolute atomic E-state index is 11.7. The fourth-order valence-electron chi connectivity index (χ4n) is 2.49. The number of hydrogen-bond donors (Lipinski definition) is 2. The van der Waals surface area contributed by atoms with E-state index < -0.39 is 10.0 Å². The first kappa shape index (κ1) is 21.2. The van der Waals surface area contributed by atoms with Crippen LogP contribution in [-0.4, -0.2) is 56.0 Å². The average molecular weight is 437 g/mol. The van der Waals surface area contributed by atoms with Gasteiger partial charge in [-0.1, -0.05) is 6.92 Å². The van der Waals surface area contributed by atoms with E-state index >= 15 is 0 Å². The molecule has 0 spiro atoms. The number of fused-ring (bicyclic) bond motifs is 1. The molecule has 0 saturated heterocycles. The van der Waals surface area contributed by atoms with E-state index in [0.29, 0.717) is 41.8 Å². The first-order chi connectivity index (χ1) is 13.8. The fraction of sp³-hybridized carbons (Fsp3) is 0.389. The molecule has 3 aromatic rings. The van der Waals surface area contributed by atoms with Crippen LogP contribution >= 0.6 is 11.8 Å². The Morgan fingerprint density at radius 1 is 1.21 bits per heavy atom. The van der Waals surface area contributed by atoms with Crippen LogP contribution in [0, 0.1) is 5.92 Å². The SMILES string of the molecule is CSc1cnc(NCC(C)CNc2nc3ccc(N(C)S(C)(=O)=O)cc3o2)nc1. The van der Waals surface area contributed by atoms with Crippen molar-refractivity contribution in [3.8, 4) is 0 Å². The molecule has 2 N–H and O–H groups in total. The zero-order valence-corrected chi connectivity index (χ0v) is 18.3. The van der Waals surface area contributed by atoms with Crippen molar-refractivity contribution in [1.29, 1.82) is 0 Å². The number of sulfonamides is 1. The zero-order chi connectivity index (χ0) is 21.0. The molecule has 0 aliphatic heterocycles. The first-order valence-electron chi connectivity index (χ1n) is 8.94. The second-order valence-electron chi connectivity index (χ2n) is 6.72. The molecule has 11 heteroatoms. The first-order valence-corrected chi connectivity index (χ1v) is 12.0. The lowest BCUT2D eigenvalue weighted by molar-refractivity contribution is 0.586. The molecule has 0 aliphatic carbocycles. The molecular weight excluding hydrogens is 412 g/mol. The third-order valence-electron chi connectivity index (χ3n) is 4.31. The Hall–Kier alpha value is -2.53. The number of hydrogen-bond acceptors (Lipinski definition) is 9. The standard InChI is InChI=1S/C18H24N6O3S2/c1-12(8-19-17-20-10-14(28-3)11-21-17)9-22-18-23-15-6-5-13(7-16(15)27-18)24(2)29(4,25)26/h5-7,10-12H,8-9H2,1-4H3,(H,22,23)(H,19,20,21). The molecule has 1 aromatic carbocycles. The second kappa shape index (κ2) is 8.87. The number of benzene rings is 1. The van der Waals surface area contributed by atoms with Gasteiger partial charge in [0, 0.05) is 43.5 Å². The smallest absolute Gasteiger partial charge is 0.295 e. The molecule has 0 radical (unpaired) electrons. The minimum atomic E-state index is -3.34. The van der Waals surface area contributed by atoms with E-state index in [1.54, 1.807) is 42.4 Å². The summed E-state index contributed by atoms with van der Waals surface area (Å²) < 4.78 is 30.3. The predicted octanol–water partition coefficient (Wildman–Crippen LogP) is 2.90. The van der Waals surface area contributed by atoms with Crippen LogP contribution in [0.2, 0.25) is 0 Å². The number of nitrogens with one attached hydrogen (secondary N) is 2. The van der Waals surface area contributed by atoms with E-state index in [1.165, 1.54) is 11.4 Å². The summed E-state index contributed by atoms with van der Waals surface area (Å²) in [4.78, 5) is 13.9. The van der Waals surface area contributed by atoms with Gasteiger partial charge in [0.15, 0.2) is 5.58 Å². The number of nitrogens with zero attached hydrogens (tertiary/aromatic N) is 4. The van der Waals surface area contributed by atoms with Crippen molar-refractivity contribution >= 4 is 50.5 Å². The number of anilines is 3. The van der Waals surface area contributed by atoms with Gasteiger partial charge in [0.05, 0.1) is 11.9 Å². The third-order valence-corrected chi connectivity index (χ3v) is 6.20. The van der Waals surface area contributed by atoms with E-state index in [2.05, 4.69) is 32.5 Å². The van der Waals surface area contributed by atoms with Crippen molar-refractivity contribution in [3.63, 3.8) is 0 Å². The summed E-state index contributed by atoms with van der Waals surface area (Å²) in [6.07, 6.45) is 6.71. The van der Waals surface area contributed by atoms with Gasteiger partial charge in [-0.05, 0) is 24.3 Å². The fourth-order valence-corrected chi connectivity index (χ4v) is 3.30. The molecule has 2 heterocycles. The highest BCUT2D eigenvalue weighted by molar-refractivity contribution is 7.98. The van der Waals surface area contributed by atoms with Crippen molar-refractivity contribution in [2.24, 2.45) is 5.92 Å². The summed E-state index contributed by atoms with van der Waals surface area (Å²) in [7, 11) is -1.84. The Morgan fingerprint density at radius 2 is 1.90 bits per heavy atom. The van der Waals surface area contributed by atoms with Gasteiger partial charge >= 0.3 is 0 Å². The summed E-state index contributed by atoms with van der Waals surface area (Å²) in [6.45, 7) is 3.41. The van der Waals surface area contributed by atoms with E-state index in [1.807, 2.05) is 6.26 Å². The van der Waals surface area contributed by atoms with Gasteiger partial charge in [0.2, 0.25) is 16.0 Å². The van der Waals surface area contributed by atoms with Gasteiger partial charge in [0.25, 0.3) is 6.01 Å². The van der Waals surface area contributed by atoms with Gasteiger partial charge < -0.3 is 15.1 Å². The van der Waals surface area contributed by atoms with Gasteiger partial charge in [0.1, 0.15) is 5.52 Å². The van der Waals surface area contributed by atoms with Crippen LogP contribution < -0.4 is 14.9 Å². The van der Waals surface area contributed by atoms with Gasteiger partial charge in [-0.2, -0.15) is 4.98 Å². The quantitative estimate of drug-likeness (QED) is 0.489. The molecule has 29 heavy (non-hydrogen) atoms. The maximum atomic E-state index is 11.7. The molecule has 2 aromatic heterocycles. The van der Waals surface area contributed by atoms with Crippen molar-refractivity contribution in [3.05, 3.63) is 30.6 Å². The molecule has 0 fully saturated rings. The molecule has 3 rings (SSSR count). The van der Waals surface area contributed by atoms with E-state index in [9.17, 15) is 8.42 Å².